The van der Waals surface area contributed by atoms with E-state index in [9.17, 15) is 4.79 Å². The second-order valence-electron chi connectivity index (χ2n) is 5.89. The van der Waals surface area contributed by atoms with Gasteiger partial charge in [-0.15, -0.1) is 0 Å². The summed E-state index contributed by atoms with van der Waals surface area (Å²) in [5, 5.41) is 0. The van der Waals surface area contributed by atoms with Crippen LogP contribution < -0.4 is 0 Å². The molecule has 2 unspecified atom stereocenters. The van der Waals surface area contributed by atoms with Gasteiger partial charge in [-0.2, -0.15) is 0 Å². The molecule has 0 heterocycles. The lowest BCUT2D eigenvalue weighted by Crippen LogP contribution is -2.21. The predicted octanol–water partition coefficient (Wildman–Crippen LogP) is 5.32. The lowest BCUT2D eigenvalue weighted by molar-refractivity contribution is 0.0931. The minimum absolute atomic E-state index is 0.0586. The summed E-state index contributed by atoms with van der Waals surface area (Å²) >= 11 is 0. The summed E-state index contributed by atoms with van der Waals surface area (Å²) < 4.78 is 0. The molecule has 0 spiro atoms. The van der Waals surface area contributed by atoms with Crippen molar-refractivity contribution in [2.24, 2.45) is 5.92 Å². The normalized spacial score (nSPS) is 13.7. The first kappa shape index (κ1) is 15.5. The molecular formula is C20H24O. The van der Waals surface area contributed by atoms with Crippen molar-refractivity contribution in [3.8, 4) is 0 Å². The highest BCUT2D eigenvalue weighted by atomic mass is 16.1. The molecule has 0 saturated heterocycles. The van der Waals surface area contributed by atoms with Crippen LogP contribution in [-0.4, -0.2) is 5.78 Å². The Hall–Kier alpha value is -1.89. The Balaban J connectivity index is 2.47. The zero-order valence-electron chi connectivity index (χ0n) is 13.4. The minimum Gasteiger partial charge on any atom is -0.293 e. The number of carbonyl (C=O) groups is 1. The van der Waals surface area contributed by atoms with Gasteiger partial charge in [0.25, 0.3) is 0 Å². The van der Waals surface area contributed by atoms with Crippen LogP contribution in [-0.2, 0) is 0 Å². The second kappa shape index (κ2) is 6.71. The Bertz CT molecular complexity index is 613. The van der Waals surface area contributed by atoms with Crippen molar-refractivity contribution in [1.29, 1.82) is 0 Å². The Morgan fingerprint density at radius 2 is 1.67 bits per heavy atom. The zero-order valence-corrected chi connectivity index (χ0v) is 13.4. The highest BCUT2D eigenvalue weighted by Gasteiger charge is 2.27. The summed E-state index contributed by atoms with van der Waals surface area (Å²) in [5.41, 5.74) is 4.27. The van der Waals surface area contributed by atoms with Gasteiger partial charge in [-0.25, -0.2) is 0 Å². The largest absolute Gasteiger partial charge is 0.293 e. The van der Waals surface area contributed by atoms with Crippen LogP contribution in [0.4, 0.5) is 0 Å². The van der Waals surface area contributed by atoms with Crippen molar-refractivity contribution in [2.45, 2.75) is 40.0 Å². The molecule has 2 atom stereocenters. The summed E-state index contributed by atoms with van der Waals surface area (Å²) in [6, 6.07) is 16.2. The fourth-order valence-electron chi connectivity index (χ4n) is 2.82. The third kappa shape index (κ3) is 3.24. The van der Waals surface area contributed by atoms with Crippen molar-refractivity contribution >= 4 is 5.78 Å². The minimum atomic E-state index is -0.0586. The lowest BCUT2D eigenvalue weighted by Gasteiger charge is -2.23. The van der Waals surface area contributed by atoms with Crippen molar-refractivity contribution in [3.05, 3.63) is 70.8 Å². The van der Waals surface area contributed by atoms with Crippen molar-refractivity contribution < 1.29 is 4.79 Å². The molecule has 0 aliphatic carbocycles. The number of benzene rings is 2. The third-order valence-corrected chi connectivity index (χ3v) is 4.52. The Morgan fingerprint density at radius 1 is 1.00 bits per heavy atom. The number of hydrogen-bond acceptors (Lipinski definition) is 1. The molecule has 1 heteroatoms. The third-order valence-electron chi connectivity index (χ3n) is 4.52. The predicted molar refractivity (Wildman–Crippen MR) is 88.9 cm³/mol. The van der Waals surface area contributed by atoms with E-state index in [1.807, 2.05) is 37.3 Å². The highest BCUT2D eigenvalue weighted by molar-refractivity contribution is 6.02. The average Bonchev–Trinajstić information content (AvgIpc) is 2.51. The van der Waals surface area contributed by atoms with Crippen molar-refractivity contribution in [2.75, 3.05) is 0 Å². The van der Waals surface area contributed by atoms with Gasteiger partial charge in [0, 0.05) is 11.5 Å². The molecule has 0 amide bonds. The summed E-state index contributed by atoms with van der Waals surface area (Å²) in [7, 11) is 0. The van der Waals surface area contributed by atoms with Crippen molar-refractivity contribution in [1.82, 2.24) is 0 Å². The standard InChI is InChI=1S/C20H24O/c1-5-14(2)19(17-11-7-6-8-12-17)20(21)18-13-9-10-15(3)16(18)4/h6-14,19H,5H2,1-4H3. The Kier molecular flexibility index (Phi) is 4.95. The number of Topliss-reactive ketones (excluding diaryl/α,β-unsaturated/α-hetero) is 1. The summed E-state index contributed by atoms with van der Waals surface area (Å²) in [6.07, 6.45) is 0.996. The molecule has 1 nitrogen and oxygen atoms in total. The Morgan fingerprint density at radius 3 is 2.29 bits per heavy atom. The van der Waals surface area contributed by atoms with Crippen LogP contribution in [0.1, 0.15) is 53.2 Å². The van der Waals surface area contributed by atoms with Gasteiger partial charge in [0.1, 0.15) is 0 Å². The first-order valence-electron chi connectivity index (χ1n) is 7.71. The fraction of sp³-hybridized carbons (Fsp3) is 0.350. The molecule has 0 aliphatic heterocycles. The first-order valence-corrected chi connectivity index (χ1v) is 7.71. The summed E-state index contributed by atoms with van der Waals surface area (Å²) in [6.45, 7) is 8.42. The maximum absolute atomic E-state index is 13.1. The Labute approximate surface area is 128 Å². The van der Waals surface area contributed by atoms with E-state index in [-0.39, 0.29) is 11.7 Å². The number of rotatable bonds is 5. The number of carbonyl (C=O) groups excluding carboxylic acids is 1. The molecule has 0 N–H and O–H groups in total. The molecular weight excluding hydrogens is 256 g/mol. The summed E-state index contributed by atoms with van der Waals surface area (Å²) in [4.78, 5) is 13.1. The molecule has 0 saturated carbocycles. The molecule has 2 rings (SSSR count). The smallest absolute Gasteiger partial charge is 0.170 e. The van der Waals surface area contributed by atoms with E-state index in [1.54, 1.807) is 0 Å². The van der Waals surface area contributed by atoms with E-state index >= 15 is 0 Å². The van der Waals surface area contributed by atoms with E-state index < -0.39 is 0 Å². The van der Waals surface area contributed by atoms with Crippen LogP contribution in [0.15, 0.2) is 48.5 Å². The van der Waals surface area contributed by atoms with E-state index in [4.69, 9.17) is 0 Å². The molecule has 0 bridgehead atoms. The number of aryl methyl sites for hydroxylation is 1. The van der Waals surface area contributed by atoms with Crippen LogP contribution in [0.25, 0.3) is 0 Å². The van der Waals surface area contributed by atoms with Gasteiger partial charge in [0.05, 0.1) is 0 Å². The van der Waals surface area contributed by atoms with Crippen LogP contribution >= 0.6 is 0 Å². The second-order valence-corrected chi connectivity index (χ2v) is 5.89. The monoisotopic (exact) mass is 280 g/mol. The van der Waals surface area contributed by atoms with E-state index in [0.717, 1.165) is 23.1 Å². The van der Waals surface area contributed by atoms with E-state index in [0.29, 0.717) is 5.92 Å². The van der Waals surface area contributed by atoms with Crippen molar-refractivity contribution in [3.63, 3.8) is 0 Å². The van der Waals surface area contributed by atoms with Gasteiger partial charge >= 0.3 is 0 Å². The molecule has 0 fully saturated rings. The number of ketones is 1. The van der Waals surface area contributed by atoms with Gasteiger partial charge < -0.3 is 0 Å². The van der Waals surface area contributed by atoms with Gasteiger partial charge in [0.2, 0.25) is 0 Å². The molecule has 0 radical (unpaired) electrons. The first-order chi connectivity index (χ1) is 10.1. The maximum Gasteiger partial charge on any atom is 0.170 e. The topological polar surface area (TPSA) is 17.1 Å². The molecule has 2 aromatic rings. The van der Waals surface area contributed by atoms with Crippen LogP contribution in [0, 0.1) is 19.8 Å². The van der Waals surface area contributed by atoms with Gasteiger partial charge in [0.15, 0.2) is 5.78 Å². The number of hydrogen-bond donors (Lipinski definition) is 0. The summed E-state index contributed by atoms with van der Waals surface area (Å²) in [5.74, 6) is 0.522. The molecule has 110 valence electrons. The van der Waals surface area contributed by atoms with Gasteiger partial charge in [-0.3, -0.25) is 4.79 Å². The fourth-order valence-corrected chi connectivity index (χ4v) is 2.82. The molecule has 0 aromatic heterocycles. The molecule has 0 aliphatic rings. The van der Waals surface area contributed by atoms with Gasteiger partial charge in [-0.05, 0) is 36.5 Å². The van der Waals surface area contributed by atoms with Gasteiger partial charge in [-0.1, -0.05) is 68.8 Å². The molecule has 21 heavy (non-hydrogen) atoms. The molecule has 2 aromatic carbocycles. The SMILES string of the molecule is CCC(C)C(C(=O)c1cccc(C)c1C)c1ccccc1. The van der Waals surface area contributed by atoms with Crippen LogP contribution in [0.5, 0.6) is 0 Å². The highest BCUT2D eigenvalue weighted by Crippen LogP contribution is 2.31. The maximum atomic E-state index is 13.1. The van der Waals surface area contributed by atoms with Crippen LogP contribution in [0.2, 0.25) is 0 Å². The zero-order chi connectivity index (χ0) is 15.4. The van der Waals surface area contributed by atoms with E-state index in [1.165, 1.54) is 5.56 Å². The quantitative estimate of drug-likeness (QED) is 0.678. The van der Waals surface area contributed by atoms with E-state index in [2.05, 4.69) is 39.0 Å². The lowest BCUT2D eigenvalue weighted by atomic mass is 9.79. The van der Waals surface area contributed by atoms with Crippen LogP contribution in [0.3, 0.4) is 0 Å². The average molecular weight is 280 g/mol.